The fourth-order valence-corrected chi connectivity index (χ4v) is 9.29. The number of hydrogen-bond donors (Lipinski definition) is 8. The molecule has 4 fully saturated rings. The Labute approximate surface area is 322 Å². The van der Waals surface area contributed by atoms with Gasteiger partial charge in [-0.05, 0) is 117 Å². The second-order valence-electron chi connectivity index (χ2n) is 16.5. The molecule has 17 nitrogen and oxygen atoms in total. The number of nitrogens with zero attached hydrogens (tertiary/aromatic N) is 1. The third kappa shape index (κ3) is 11.8. The van der Waals surface area contributed by atoms with Crippen molar-refractivity contribution in [2.75, 3.05) is 39.5 Å². The Balaban J connectivity index is 1.62. The van der Waals surface area contributed by atoms with Gasteiger partial charge < -0.3 is 52.0 Å². The van der Waals surface area contributed by atoms with Crippen molar-refractivity contribution in [3.05, 3.63) is 0 Å². The number of sulfonamides is 1. The van der Waals surface area contributed by atoms with Gasteiger partial charge in [0.25, 0.3) is 0 Å². The highest BCUT2D eigenvalue weighted by atomic mass is 32.2. The van der Waals surface area contributed by atoms with Crippen molar-refractivity contribution >= 4 is 40.8 Å². The summed E-state index contributed by atoms with van der Waals surface area (Å²) >= 11 is 0. The molecule has 0 aromatic heterocycles. The van der Waals surface area contributed by atoms with E-state index < -0.39 is 82.6 Å². The molecule has 1 heterocycles. The molecule has 0 aromatic carbocycles. The second kappa shape index (κ2) is 19.7. The molecule has 10 atom stereocenters. The number of carbonyl (C=O) groups excluding carboxylic acids is 4. The SMILES string of the molecule is C[C@H](NC(=O)[C@H](CCCCN)NC(=O)[C@H](C)NC(=O)[C@@H](NC(=O)[C@H](CCCCN)NS(=O)(=O)CCN(C)C)[C@@H](C)O)B1O[C@@H]2C[C@@H]3C[C@@H](C3(C)C)[C@]2(C)O1. The molecule has 2 bridgehead atoms. The zero-order valence-corrected chi connectivity index (χ0v) is 34.3. The zero-order chi connectivity index (χ0) is 40.6. The minimum atomic E-state index is -3.87. The zero-order valence-electron chi connectivity index (χ0n) is 33.5. The first-order chi connectivity index (χ1) is 25.2. The van der Waals surface area contributed by atoms with E-state index in [1.807, 2.05) is 6.92 Å². The monoisotopic (exact) mass is 786 g/mol. The molecule has 10 N–H and O–H groups in total. The quantitative estimate of drug-likeness (QED) is 0.0446. The molecule has 4 aliphatic rings. The molecule has 1 saturated heterocycles. The summed E-state index contributed by atoms with van der Waals surface area (Å²) in [5.41, 5.74) is 11.0. The van der Waals surface area contributed by atoms with Crippen LogP contribution in [0.1, 0.15) is 92.9 Å². The highest BCUT2D eigenvalue weighted by Gasteiger charge is 2.68. The molecule has 0 unspecified atom stereocenters. The fourth-order valence-electron chi connectivity index (χ4n) is 7.91. The van der Waals surface area contributed by atoms with Gasteiger partial charge in [0.15, 0.2) is 0 Å². The number of rotatable bonds is 23. The van der Waals surface area contributed by atoms with E-state index in [1.165, 1.54) is 13.8 Å². The maximum Gasteiger partial charge on any atom is 0.481 e. The number of aliphatic hydroxyl groups excluding tert-OH is 1. The Hall–Kier alpha value is -2.39. The number of hydrogen-bond acceptors (Lipinski definition) is 12. The maximum atomic E-state index is 13.6. The smallest absolute Gasteiger partial charge is 0.404 e. The molecule has 19 heteroatoms. The van der Waals surface area contributed by atoms with Gasteiger partial charge in [0.2, 0.25) is 33.7 Å². The van der Waals surface area contributed by atoms with Crippen molar-refractivity contribution in [1.82, 2.24) is 30.9 Å². The van der Waals surface area contributed by atoms with Gasteiger partial charge in [-0.25, -0.2) is 13.1 Å². The van der Waals surface area contributed by atoms with E-state index >= 15 is 0 Å². The Bertz CT molecular complexity index is 1410. The summed E-state index contributed by atoms with van der Waals surface area (Å²) in [6, 6.07) is -4.88. The fraction of sp³-hybridized carbons (Fsp3) is 0.886. The van der Waals surface area contributed by atoms with Crippen LogP contribution in [-0.4, -0.2) is 137 Å². The van der Waals surface area contributed by atoms with Crippen LogP contribution in [0.15, 0.2) is 0 Å². The lowest BCUT2D eigenvalue weighted by molar-refractivity contribution is -0.199. The van der Waals surface area contributed by atoms with Gasteiger partial charge in [-0.2, -0.15) is 0 Å². The predicted molar refractivity (Wildman–Crippen MR) is 206 cm³/mol. The first-order valence-corrected chi connectivity index (χ1v) is 21.1. The van der Waals surface area contributed by atoms with Gasteiger partial charge in [0.05, 0.1) is 29.5 Å². The van der Waals surface area contributed by atoms with E-state index in [0.717, 1.165) is 12.8 Å². The van der Waals surface area contributed by atoms with Crippen LogP contribution in [0.2, 0.25) is 0 Å². The molecule has 4 amide bonds. The van der Waals surface area contributed by atoms with Crippen LogP contribution in [0.25, 0.3) is 0 Å². The summed E-state index contributed by atoms with van der Waals surface area (Å²) in [6.07, 6.45) is 3.10. The van der Waals surface area contributed by atoms with Crippen molar-refractivity contribution in [3.8, 4) is 0 Å². The second-order valence-corrected chi connectivity index (χ2v) is 18.4. The van der Waals surface area contributed by atoms with E-state index in [0.29, 0.717) is 50.6 Å². The average molecular weight is 787 g/mol. The number of amides is 4. The number of aliphatic hydroxyl groups is 1. The molecule has 54 heavy (non-hydrogen) atoms. The van der Waals surface area contributed by atoms with Gasteiger partial charge >= 0.3 is 7.12 Å². The standard InChI is InChI=1S/C35H67BN8O9S/c1-21(39-33(49)29(22(2)45)42-32(48)26(14-10-12-16-38)43-54(50,51)18-17-44(7)8)30(46)41-25(13-9-11-15-37)31(47)40-23(3)36-52-28-20-24-19-27(34(24,4)5)35(28,6)53-36/h21-29,43,45H,9-20,37-38H2,1-8H3,(H,39,49)(H,40,47)(H,41,46)(H,42,48)/t21-,22+,23-,24-,25-,26-,27-,28+,29-,35-/m0/s1. The van der Waals surface area contributed by atoms with Crippen LogP contribution >= 0.6 is 0 Å². The lowest BCUT2D eigenvalue weighted by Gasteiger charge is -2.64. The number of nitrogens with one attached hydrogen (secondary N) is 5. The van der Waals surface area contributed by atoms with Crippen molar-refractivity contribution in [3.63, 3.8) is 0 Å². The van der Waals surface area contributed by atoms with Gasteiger partial charge in [-0.1, -0.05) is 20.3 Å². The molecule has 4 rings (SSSR count). The Kier molecular flexibility index (Phi) is 16.7. The Morgan fingerprint density at radius 2 is 1.44 bits per heavy atom. The lowest BCUT2D eigenvalue weighted by atomic mass is 9.43. The molecule has 3 aliphatic carbocycles. The maximum absolute atomic E-state index is 13.6. The molecular formula is C35H67BN8O9S. The molecule has 0 radical (unpaired) electrons. The molecular weight excluding hydrogens is 719 g/mol. The highest BCUT2D eigenvalue weighted by Crippen LogP contribution is 2.65. The summed E-state index contributed by atoms with van der Waals surface area (Å²) in [4.78, 5) is 55.4. The van der Waals surface area contributed by atoms with Crippen LogP contribution in [0.4, 0.5) is 0 Å². The predicted octanol–water partition coefficient (Wildman–Crippen LogP) is -1.28. The number of unbranched alkanes of at least 4 members (excludes halogenated alkanes) is 2. The third-order valence-electron chi connectivity index (χ3n) is 11.5. The number of carbonyl (C=O) groups is 4. The van der Waals surface area contributed by atoms with Crippen LogP contribution < -0.4 is 37.5 Å². The van der Waals surface area contributed by atoms with Crippen LogP contribution in [-0.2, 0) is 38.5 Å². The molecule has 1 aliphatic heterocycles. The minimum Gasteiger partial charge on any atom is -0.404 e. The largest absolute Gasteiger partial charge is 0.481 e. The van der Waals surface area contributed by atoms with Crippen LogP contribution in [0.3, 0.4) is 0 Å². The van der Waals surface area contributed by atoms with Gasteiger partial charge in [-0.15, -0.1) is 0 Å². The van der Waals surface area contributed by atoms with Crippen LogP contribution in [0.5, 0.6) is 0 Å². The Morgan fingerprint density at radius 1 is 0.852 bits per heavy atom. The molecule has 310 valence electrons. The topological polar surface area (TPSA) is 257 Å². The first kappa shape index (κ1) is 46.0. The lowest BCUT2D eigenvalue weighted by Crippen LogP contribution is -2.65. The van der Waals surface area contributed by atoms with Gasteiger partial charge in [-0.3, -0.25) is 19.2 Å². The van der Waals surface area contributed by atoms with E-state index in [-0.39, 0.29) is 36.7 Å². The molecule has 0 aromatic rings. The van der Waals surface area contributed by atoms with E-state index in [2.05, 4.69) is 46.8 Å². The van der Waals surface area contributed by atoms with Gasteiger partial charge in [0, 0.05) is 6.54 Å². The highest BCUT2D eigenvalue weighted by molar-refractivity contribution is 7.89. The summed E-state index contributed by atoms with van der Waals surface area (Å²) in [5.74, 6) is -2.62. The van der Waals surface area contributed by atoms with Crippen molar-refractivity contribution in [2.24, 2.45) is 28.7 Å². The first-order valence-electron chi connectivity index (χ1n) is 19.4. The van der Waals surface area contributed by atoms with E-state index in [9.17, 15) is 32.7 Å². The van der Waals surface area contributed by atoms with E-state index in [1.54, 1.807) is 19.0 Å². The average Bonchev–Trinajstić information content (AvgIpc) is 3.46. The number of nitrogens with two attached hydrogens (primary N) is 2. The normalized spacial score (nSPS) is 26.4. The van der Waals surface area contributed by atoms with Crippen molar-refractivity contribution in [2.45, 2.75) is 141 Å². The molecule has 3 saturated carbocycles. The van der Waals surface area contributed by atoms with Crippen molar-refractivity contribution in [1.29, 1.82) is 0 Å². The van der Waals surface area contributed by atoms with E-state index in [4.69, 9.17) is 20.8 Å². The summed E-state index contributed by atoms with van der Waals surface area (Å²) < 4.78 is 40.7. The summed E-state index contributed by atoms with van der Waals surface area (Å²) in [7, 11) is -1.08. The summed E-state index contributed by atoms with van der Waals surface area (Å²) in [6.45, 7) is 12.1. The van der Waals surface area contributed by atoms with Crippen molar-refractivity contribution < 1.29 is 42.0 Å². The Morgan fingerprint density at radius 3 is 2.00 bits per heavy atom. The van der Waals surface area contributed by atoms with Crippen LogP contribution in [0, 0.1) is 17.3 Å². The third-order valence-corrected chi connectivity index (χ3v) is 12.9. The summed E-state index contributed by atoms with van der Waals surface area (Å²) in [5, 5.41) is 21.1. The van der Waals surface area contributed by atoms with Gasteiger partial charge in [0.1, 0.15) is 24.2 Å². The molecule has 0 spiro atoms. The minimum absolute atomic E-state index is 0.0576.